The van der Waals surface area contributed by atoms with E-state index < -0.39 is 0 Å². The van der Waals surface area contributed by atoms with E-state index in [9.17, 15) is 9.18 Å². The lowest BCUT2D eigenvalue weighted by Crippen LogP contribution is -2.36. The zero-order valence-corrected chi connectivity index (χ0v) is 12.4. The summed E-state index contributed by atoms with van der Waals surface area (Å²) >= 11 is 0. The SMILES string of the molecule is O=C(CC1CCCN1)N(Cc1ccc(F)cc1)CC1CC1. The molecule has 1 saturated heterocycles. The van der Waals surface area contributed by atoms with Crippen molar-refractivity contribution in [2.45, 2.75) is 44.7 Å². The third-order valence-corrected chi connectivity index (χ3v) is 4.40. The minimum absolute atomic E-state index is 0.227. The molecule has 2 aliphatic rings. The maximum Gasteiger partial charge on any atom is 0.224 e. The molecule has 1 aromatic carbocycles. The third-order valence-electron chi connectivity index (χ3n) is 4.40. The molecule has 0 bridgehead atoms. The average molecular weight is 290 g/mol. The molecule has 1 aromatic rings. The standard InChI is InChI=1S/C17H23FN2O/c18-15-7-5-14(6-8-15)12-20(11-13-3-4-13)17(21)10-16-2-1-9-19-16/h5-8,13,16,19H,1-4,9-12H2. The molecule has 3 rings (SSSR count). The highest BCUT2D eigenvalue weighted by Gasteiger charge is 2.28. The van der Waals surface area contributed by atoms with Gasteiger partial charge in [0.25, 0.3) is 0 Å². The van der Waals surface area contributed by atoms with Crippen LogP contribution in [-0.4, -0.2) is 29.9 Å². The van der Waals surface area contributed by atoms with Gasteiger partial charge in [-0.3, -0.25) is 4.79 Å². The highest BCUT2D eigenvalue weighted by molar-refractivity contribution is 5.77. The Morgan fingerprint density at radius 3 is 2.62 bits per heavy atom. The van der Waals surface area contributed by atoms with Crippen LogP contribution < -0.4 is 5.32 Å². The van der Waals surface area contributed by atoms with Crippen molar-refractivity contribution in [3.05, 3.63) is 35.6 Å². The summed E-state index contributed by atoms with van der Waals surface area (Å²) in [7, 11) is 0. The Morgan fingerprint density at radius 1 is 1.24 bits per heavy atom. The van der Waals surface area contributed by atoms with Gasteiger partial charge in [-0.25, -0.2) is 4.39 Å². The number of hydrogen-bond donors (Lipinski definition) is 1. The smallest absolute Gasteiger partial charge is 0.224 e. The molecule has 114 valence electrons. The van der Waals surface area contributed by atoms with Gasteiger partial charge < -0.3 is 10.2 Å². The quantitative estimate of drug-likeness (QED) is 0.873. The van der Waals surface area contributed by atoms with Crippen LogP contribution in [0.4, 0.5) is 4.39 Å². The second-order valence-electron chi connectivity index (χ2n) is 6.34. The van der Waals surface area contributed by atoms with Crippen LogP contribution in [0.5, 0.6) is 0 Å². The van der Waals surface area contributed by atoms with E-state index in [4.69, 9.17) is 0 Å². The van der Waals surface area contributed by atoms with E-state index in [0.29, 0.717) is 24.9 Å². The number of carbonyl (C=O) groups is 1. The topological polar surface area (TPSA) is 32.3 Å². The summed E-state index contributed by atoms with van der Waals surface area (Å²) in [5.74, 6) is 0.672. The van der Waals surface area contributed by atoms with Gasteiger partial charge in [0.2, 0.25) is 5.91 Å². The first-order chi connectivity index (χ1) is 10.2. The molecule has 2 fully saturated rings. The minimum Gasteiger partial charge on any atom is -0.338 e. The van der Waals surface area contributed by atoms with Crippen molar-refractivity contribution in [3.8, 4) is 0 Å². The molecule has 1 N–H and O–H groups in total. The normalized spacial score (nSPS) is 21.5. The highest BCUT2D eigenvalue weighted by Crippen LogP contribution is 2.30. The van der Waals surface area contributed by atoms with E-state index in [1.165, 1.54) is 31.4 Å². The number of nitrogens with zero attached hydrogens (tertiary/aromatic N) is 1. The first-order valence-corrected chi connectivity index (χ1v) is 7.96. The zero-order chi connectivity index (χ0) is 14.7. The predicted molar refractivity (Wildman–Crippen MR) is 80.2 cm³/mol. The third kappa shape index (κ3) is 4.27. The summed E-state index contributed by atoms with van der Waals surface area (Å²) < 4.78 is 13.0. The first-order valence-electron chi connectivity index (χ1n) is 7.96. The van der Waals surface area contributed by atoms with E-state index in [1.54, 1.807) is 12.1 Å². The molecular formula is C17H23FN2O. The Morgan fingerprint density at radius 2 is 2.00 bits per heavy atom. The van der Waals surface area contributed by atoms with Crippen LogP contribution in [0.1, 0.15) is 37.7 Å². The van der Waals surface area contributed by atoms with E-state index in [-0.39, 0.29) is 11.7 Å². The first kappa shape index (κ1) is 14.5. The molecule has 4 heteroatoms. The fraction of sp³-hybridized carbons (Fsp3) is 0.588. The van der Waals surface area contributed by atoms with Crippen LogP contribution in [0.25, 0.3) is 0 Å². The maximum atomic E-state index is 13.0. The van der Waals surface area contributed by atoms with Crippen LogP contribution in [0.15, 0.2) is 24.3 Å². The largest absolute Gasteiger partial charge is 0.338 e. The van der Waals surface area contributed by atoms with Gasteiger partial charge in [0.05, 0.1) is 0 Å². The number of amides is 1. The van der Waals surface area contributed by atoms with Gasteiger partial charge >= 0.3 is 0 Å². The Hall–Kier alpha value is -1.42. The zero-order valence-electron chi connectivity index (χ0n) is 12.4. The second kappa shape index (κ2) is 6.56. The van der Waals surface area contributed by atoms with Gasteiger partial charge in [-0.15, -0.1) is 0 Å². The fourth-order valence-electron chi connectivity index (χ4n) is 2.95. The Labute approximate surface area is 125 Å². The molecule has 0 aromatic heterocycles. The van der Waals surface area contributed by atoms with E-state index in [2.05, 4.69) is 5.32 Å². The van der Waals surface area contributed by atoms with E-state index >= 15 is 0 Å². The van der Waals surface area contributed by atoms with Crippen LogP contribution in [0.3, 0.4) is 0 Å². The summed E-state index contributed by atoms with van der Waals surface area (Å²) in [6, 6.07) is 6.82. The molecule has 1 amide bonds. The molecule has 1 heterocycles. The lowest BCUT2D eigenvalue weighted by molar-refractivity contribution is -0.132. The fourth-order valence-corrected chi connectivity index (χ4v) is 2.95. The van der Waals surface area contributed by atoms with Gasteiger partial charge in [0.15, 0.2) is 0 Å². The summed E-state index contributed by atoms with van der Waals surface area (Å²) in [5, 5.41) is 3.39. The molecule has 1 saturated carbocycles. The second-order valence-corrected chi connectivity index (χ2v) is 6.34. The molecule has 1 aliphatic carbocycles. The summed E-state index contributed by atoms with van der Waals surface area (Å²) in [6.45, 7) is 2.48. The number of hydrogen-bond acceptors (Lipinski definition) is 2. The minimum atomic E-state index is -0.228. The van der Waals surface area contributed by atoms with Gasteiger partial charge in [0.1, 0.15) is 5.82 Å². The van der Waals surface area contributed by atoms with Crippen molar-refractivity contribution in [1.29, 1.82) is 0 Å². The Balaban J connectivity index is 1.61. The van der Waals surface area contributed by atoms with Crippen molar-refractivity contribution in [2.24, 2.45) is 5.92 Å². The summed E-state index contributed by atoms with van der Waals surface area (Å²) in [5.41, 5.74) is 1.00. The van der Waals surface area contributed by atoms with Gasteiger partial charge in [-0.2, -0.15) is 0 Å². The Bertz CT molecular complexity index is 478. The van der Waals surface area contributed by atoms with Crippen LogP contribution >= 0.6 is 0 Å². The Kier molecular flexibility index (Phi) is 4.54. The van der Waals surface area contributed by atoms with Crippen LogP contribution in [-0.2, 0) is 11.3 Å². The molecule has 1 unspecified atom stereocenters. The van der Waals surface area contributed by atoms with Gasteiger partial charge in [-0.1, -0.05) is 12.1 Å². The molecule has 1 aliphatic heterocycles. The number of nitrogens with one attached hydrogen (secondary N) is 1. The van der Waals surface area contributed by atoms with Crippen LogP contribution in [0, 0.1) is 11.7 Å². The van der Waals surface area contributed by atoms with E-state index in [0.717, 1.165) is 25.1 Å². The number of halogens is 1. The number of rotatable bonds is 6. The van der Waals surface area contributed by atoms with Gasteiger partial charge in [-0.05, 0) is 55.8 Å². The average Bonchev–Trinajstić information content (AvgIpc) is 3.15. The molecule has 3 nitrogen and oxygen atoms in total. The molecular weight excluding hydrogens is 267 g/mol. The monoisotopic (exact) mass is 290 g/mol. The number of benzene rings is 1. The highest BCUT2D eigenvalue weighted by atomic mass is 19.1. The van der Waals surface area contributed by atoms with Crippen molar-refractivity contribution >= 4 is 5.91 Å². The predicted octanol–water partition coefficient (Wildman–Crippen LogP) is 2.71. The van der Waals surface area contributed by atoms with Gasteiger partial charge in [0, 0.05) is 25.6 Å². The van der Waals surface area contributed by atoms with Crippen molar-refractivity contribution in [2.75, 3.05) is 13.1 Å². The maximum absolute atomic E-state index is 13.0. The molecule has 0 spiro atoms. The number of carbonyl (C=O) groups excluding carboxylic acids is 1. The van der Waals surface area contributed by atoms with E-state index in [1.807, 2.05) is 4.90 Å². The molecule has 0 radical (unpaired) electrons. The molecule has 1 atom stereocenters. The lowest BCUT2D eigenvalue weighted by atomic mass is 10.1. The van der Waals surface area contributed by atoms with Crippen molar-refractivity contribution in [3.63, 3.8) is 0 Å². The lowest BCUT2D eigenvalue weighted by Gasteiger charge is -2.24. The van der Waals surface area contributed by atoms with Crippen molar-refractivity contribution < 1.29 is 9.18 Å². The molecule has 21 heavy (non-hydrogen) atoms. The summed E-state index contributed by atoms with van der Waals surface area (Å²) in [6.07, 6.45) is 5.32. The summed E-state index contributed by atoms with van der Waals surface area (Å²) in [4.78, 5) is 14.5. The van der Waals surface area contributed by atoms with Crippen molar-refractivity contribution in [1.82, 2.24) is 10.2 Å². The van der Waals surface area contributed by atoms with Crippen LogP contribution in [0.2, 0.25) is 0 Å².